The van der Waals surface area contributed by atoms with E-state index in [4.69, 9.17) is 16.3 Å². The van der Waals surface area contributed by atoms with Crippen molar-refractivity contribution in [3.05, 3.63) is 93.8 Å². The summed E-state index contributed by atoms with van der Waals surface area (Å²) in [6.45, 7) is 1.65. The van der Waals surface area contributed by atoms with Crippen molar-refractivity contribution in [2.24, 2.45) is 0 Å². The molecule has 11 heteroatoms. The van der Waals surface area contributed by atoms with E-state index < -0.39 is 29.2 Å². The lowest BCUT2D eigenvalue weighted by Crippen LogP contribution is -2.61. The van der Waals surface area contributed by atoms with Gasteiger partial charge >= 0.3 is 0 Å². The van der Waals surface area contributed by atoms with Crippen LogP contribution in [-0.4, -0.2) is 62.1 Å². The van der Waals surface area contributed by atoms with Crippen LogP contribution in [0.4, 0.5) is 18.9 Å². The molecule has 2 aliphatic rings. The normalized spacial score (nSPS) is 16.7. The van der Waals surface area contributed by atoms with E-state index in [-0.39, 0.29) is 31.0 Å². The number of benzene rings is 3. The molecule has 234 valence electrons. The van der Waals surface area contributed by atoms with Crippen LogP contribution < -0.4 is 20.3 Å². The van der Waals surface area contributed by atoms with Crippen molar-refractivity contribution >= 4 is 29.1 Å². The SMILES string of the molecule is CNCCc1ccc(Cl)c(CN(C(=O)[C@H]2CNCC(=O)N2c2ccc(CCCOc3c(F)ccc(F)c3F)cc2)C2CC2)c1. The van der Waals surface area contributed by atoms with Crippen LogP contribution in [0.3, 0.4) is 0 Å². The fourth-order valence-corrected chi connectivity index (χ4v) is 5.60. The molecule has 1 aliphatic carbocycles. The number of carbonyl (C=O) groups is 2. The monoisotopic (exact) mass is 628 g/mol. The van der Waals surface area contributed by atoms with Gasteiger partial charge in [-0.2, -0.15) is 4.39 Å². The molecule has 1 aliphatic heterocycles. The lowest BCUT2D eigenvalue weighted by Gasteiger charge is -2.38. The molecule has 2 N–H and O–H groups in total. The lowest BCUT2D eigenvalue weighted by atomic mass is 10.0. The maximum Gasteiger partial charge on any atom is 0.247 e. The fourth-order valence-electron chi connectivity index (χ4n) is 5.42. The van der Waals surface area contributed by atoms with Crippen molar-refractivity contribution in [1.29, 1.82) is 0 Å². The van der Waals surface area contributed by atoms with Gasteiger partial charge in [0.05, 0.1) is 13.2 Å². The third-order valence-corrected chi connectivity index (χ3v) is 8.31. The average Bonchev–Trinajstić information content (AvgIpc) is 3.87. The number of nitrogens with one attached hydrogen (secondary N) is 2. The highest BCUT2D eigenvalue weighted by atomic mass is 35.5. The first-order valence-corrected chi connectivity index (χ1v) is 15.2. The zero-order chi connectivity index (χ0) is 31.2. The second-order valence-electron chi connectivity index (χ2n) is 11.2. The average molecular weight is 629 g/mol. The Hall–Kier alpha value is -3.60. The molecule has 7 nitrogen and oxygen atoms in total. The minimum atomic E-state index is -1.35. The van der Waals surface area contributed by atoms with Gasteiger partial charge in [0.1, 0.15) is 6.04 Å². The summed E-state index contributed by atoms with van der Waals surface area (Å²) < 4.78 is 46.2. The number of amides is 2. The summed E-state index contributed by atoms with van der Waals surface area (Å²) >= 11 is 6.56. The van der Waals surface area contributed by atoms with Gasteiger partial charge in [-0.3, -0.25) is 14.5 Å². The molecule has 0 bridgehead atoms. The van der Waals surface area contributed by atoms with Crippen LogP contribution >= 0.6 is 11.6 Å². The van der Waals surface area contributed by atoms with Gasteiger partial charge in [-0.1, -0.05) is 35.9 Å². The van der Waals surface area contributed by atoms with Crippen molar-refractivity contribution in [2.45, 2.75) is 50.7 Å². The summed E-state index contributed by atoms with van der Waals surface area (Å²) in [4.78, 5) is 30.6. The lowest BCUT2D eigenvalue weighted by molar-refractivity contribution is -0.136. The molecule has 44 heavy (non-hydrogen) atoms. The number of hydrogen-bond acceptors (Lipinski definition) is 5. The van der Waals surface area contributed by atoms with Gasteiger partial charge in [-0.25, -0.2) is 8.78 Å². The number of ether oxygens (including phenoxy) is 1. The number of anilines is 1. The van der Waals surface area contributed by atoms with Crippen LogP contribution in [0.15, 0.2) is 54.6 Å². The quantitative estimate of drug-likeness (QED) is 0.205. The van der Waals surface area contributed by atoms with Crippen LogP contribution in [0, 0.1) is 17.5 Å². The highest BCUT2D eigenvalue weighted by Crippen LogP contribution is 2.32. The molecule has 1 atom stereocenters. The molecule has 0 spiro atoms. The summed E-state index contributed by atoms with van der Waals surface area (Å²) in [5, 5.41) is 6.85. The summed E-state index contributed by atoms with van der Waals surface area (Å²) in [5.41, 5.74) is 3.55. The highest BCUT2D eigenvalue weighted by molar-refractivity contribution is 6.31. The van der Waals surface area contributed by atoms with Crippen molar-refractivity contribution in [1.82, 2.24) is 15.5 Å². The molecule has 2 fully saturated rings. The molecular formula is C33H36ClF3N4O3. The van der Waals surface area contributed by atoms with Gasteiger partial charge in [-0.15, -0.1) is 0 Å². The van der Waals surface area contributed by atoms with E-state index in [2.05, 4.69) is 16.7 Å². The number of nitrogens with zero attached hydrogens (tertiary/aromatic N) is 2. The Balaban J connectivity index is 1.25. The minimum absolute atomic E-state index is 0.00861. The van der Waals surface area contributed by atoms with E-state index in [1.54, 1.807) is 17.0 Å². The molecular weight excluding hydrogens is 593 g/mol. The van der Waals surface area contributed by atoms with E-state index in [0.29, 0.717) is 42.7 Å². The van der Waals surface area contributed by atoms with Gasteiger partial charge in [0.15, 0.2) is 17.4 Å². The van der Waals surface area contributed by atoms with E-state index in [0.717, 1.165) is 48.6 Å². The molecule has 3 aromatic rings. The van der Waals surface area contributed by atoms with Crippen LogP contribution in [0.25, 0.3) is 0 Å². The number of hydrogen-bond donors (Lipinski definition) is 2. The summed E-state index contributed by atoms with van der Waals surface area (Å²) in [5.74, 6) is -4.52. The number of halogens is 4. The molecule has 2 amide bonds. The Kier molecular flexibility index (Phi) is 10.5. The smallest absolute Gasteiger partial charge is 0.247 e. The van der Waals surface area contributed by atoms with E-state index in [1.165, 1.54) is 0 Å². The van der Waals surface area contributed by atoms with Crippen molar-refractivity contribution in [2.75, 3.05) is 38.2 Å². The van der Waals surface area contributed by atoms with Crippen molar-refractivity contribution in [3.63, 3.8) is 0 Å². The van der Waals surface area contributed by atoms with Crippen molar-refractivity contribution in [3.8, 4) is 5.75 Å². The van der Waals surface area contributed by atoms with Crippen LogP contribution in [0.5, 0.6) is 5.75 Å². The van der Waals surface area contributed by atoms with Crippen LogP contribution in [0.2, 0.25) is 5.02 Å². The third-order valence-electron chi connectivity index (χ3n) is 7.94. The number of piperazine rings is 1. The van der Waals surface area contributed by atoms with Gasteiger partial charge in [0.25, 0.3) is 0 Å². The molecule has 5 rings (SSSR count). The Morgan fingerprint density at radius 1 is 1.05 bits per heavy atom. The number of carbonyl (C=O) groups excluding carboxylic acids is 2. The van der Waals surface area contributed by atoms with Gasteiger partial charge in [0, 0.05) is 29.8 Å². The summed E-state index contributed by atoms with van der Waals surface area (Å²) in [6.07, 6.45) is 3.62. The van der Waals surface area contributed by atoms with Crippen molar-refractivity contribution < 1.29 is 27.5 Å². The maximum absolute atomic E-state index is 14.1. The second kappa shape index (κ2) is 14.5. The van der Waals surface area contributed by atoms with E-state index >= 15 is 0 Å². The molecule has 1 saturated carbocycles. The third kappa shape index (κ3) is 7.54. The number of likely N-dealkylation sites (N-methyl/N-ethyl adjacent to an activating group) is 1. The Bertz CT molecular complexity index is 1490. The van der Waals surface area contributed by atoms with Gasteiger partial charge < -0.3 is 20.3 Å². The Morgan fingerprint density at radius 2 is 1.77 bits per heavy atom. The zero-order valence-corrected chi connectivity index (χ0v) is 25.3. The first-order valence-electron chi connectivity index (χ1n) is 14.9. The topological polar surface area (TPSA) is 73.9 Å². The molecule has 1 heterocycles. The minimum Gasteiger partial charge on any atom is -0.488 e. The fraction of sp³-hybridized carbons (Fsp3) is 0.394. The van der Waals surface area contributed by atoms with E-state index in [1.807, 2.05) is 36.2 Å². The maximum atomic E-state index is 14.1. The second-order valence-corrected chi connectivity index (χ2v) is 11.6. The first-order chi connectivity index (χ1) is 21.3. The summed E-state index contributed by atoms with van der Waals surface area (Å²) in [7, 11) is 1.90. The number of aryl methyl sites for hydroxylation is 1. The molecule has 3 aromatic carbocycles. The number of rotatable bonds is 13. The zero-order valence-electron chi connectivity index (χ0n) is 24.6. The predicted molar refractivity (Wildman–Crippen MR) is 163 cm³/mol. The predicted octanol–water partition coefficient (Wildman–Crippen LogP) is 5.03. The molecule has 0 aromatic heterocycles. The van der Waals surface area contributed by atoms with Gasteiger partial charge in [0.2, 0.25) is 17.6 Å². The summed E-state index contributed by atoms with van der Waals surface area (Å²) in [6, 6.07) is 14.2. The Labute approximate surface area is 260 Å². The molecule has 0 radical (unpaired) electrons. The van der Waals surface area contributed by atoms with Crippen LogP contribution in [-0.2, 0) is 29.0 Å². The standard InChI is InChI=1S/C33H36ClF3N4O3/c1-38-15-14-22-6-11-26(34)23(17-22)20-40(24-9-10-24)33(43)29-18-39-19-30(42)41(29)25-7-4-21(5-8-25)3-2-16-44-32-28(36)13-12-27(35)31(32)37/h4-8,11-13,17,24,29,38-39H,2-3,9-10,14-16,18-20H2,1H3/t29-/m1/s1. The first kappa shape index (κ1) is 31.8. The largest absolute Gasteiger partial charge is 0.488 e. The van der Waals surface area contributed by atoms with Gasteiger partial charge in [-0.05, 0) is 92.7 Å². The molecule has 0 unspecified atom stereocenters. The highest BCUT2D eigenvalue weighted by Gasteiger charge is 2.41. The molecule has 1 saturated heterocycles. The Morgan fingerprint density at radius 3 is 2.50 bits per heavy atom. The van der Waals surface area contributed by atoms with E-state index in [9.17, 15) is 22.8 Å². The van der Waals surface area contributed by atoms with Crippen LogP contribution in [0.1, 0.15) is 36.0 Å².